The summed E-state index contributed by atoms with van der Waals surface area (Å²) in [6, 6.07) is 10.0. The van der Waals surface area contributed by atoms with Crippen LogP contribution in [0.2, 0.25) is 0 Å². The highest BCUT2D eigenvalue weighted by atomic mass is 32.2. The number of aromatic amines is 1. The van der Waals surface area contributed by atoms with Gasteiger partial charge in [0.15, 0.2) is 0 Å². The highest BCUT2D eigenvalue weighted by Gasteiger charge is 2.20. The van der Waals surface area contributed by atoms with E-state index >= 15 is 0 Å². The normalized spacial score (nSPS) is 12.4. The van der Waals surface area contributed by atoms with Crippen molar-refractivity contribution in [1.29, 1.82) is 0 Å². The first-order chi connectivity index (χ1) is 19.6. The van der Waals surface area contributed by atoms with Crippen molar-refractivity contribution in [1.82, 2.24) is 9.97 Å². The average molecular weight is 607 g/mol. The Morgan fingerprint density at radius 2 is 1.17 bits per heavy atom. The minimum absolute atomic E-state index is 0.0896. The summed E-state index contributed by atoms with van der Waals surface area (Å²) < 4.78 is 66.8. The largest absolute Gasteiger partial charge is 0.328 e. The van der Waals surface area contributed by atoms with E-state index in [1.165, 1.54) is 83.1 Å². The molecule has 0 spiro atoms. The van der Waals surface area contributed by atoms with Crippen LogP contribution >= 0.6 is 0 Å². The number of aromatic nitrogens is 2. The number of fused-ring (bicyclic) bond motifs is 1. The molecule has 1 heterocycles. The van der Waals surface area contributed by atoms with Crippen molar-refractivity contribution in [3.05, 3.63) is 53.1 Å². The molecule has 2 aromatic carbocycles. The summed E-state index contributed by atoms with van der Waals surface area (Å²) in [6.07, 6.45) is 19.4. The molecule has 0 fully saturated rings. The maximum Gasteiger partial charge on any atom is 0.328 e. The molecule has 0 amide bonds. The Hall–Kier alpha value is -2.27. The number of nitrogens with one attached hydrogen (secondary N) is 1. The average Bonchev–Trinajstić information content (AvgIpc) is 3.37. The predicted octanol–water partition coefficient (Wildman–Crippen LogP) is 8.06. The van der Waals surface area contributed by atoms with Gasteiger partial charge in [0, 0.05) is 0 Å². The van der Waals surface area contributed by atoms with E-state index in [0.29, 0.717) is 35.0 Å². The van der Waals surface area contributed by atoms with Gasteiger partial charge in [0.25, 0.3) is 15.3 Å². The van der Waals surface area contributed by atoms with Crippen molar-refractivity contribution in [2.75, 3.05) is 0 Å². The first kappa shape index (κ1) is 33.2. The fourth-order valence-corrected chi connectivity index (χ4v) is 6.75. The zero-order valence-corrected chi connectivity index (χ0v) is 25.9. The molecule has 8 nitrogen and oxygen atoms in total. The Morgan fingerprint density at radius 3 is 1.71 bits per heavy atom. The van der Waals surface area contributed by atoms with E-state index in [-0.39, 0.29) is 4.90 Å². The van der Waals surface area contributed by atoms with Crippen LogP contribution in [0, 0.1) is 0 Å². The number of hydrogen-bond donors (Lipinski definition) is 3. The number of hydrogen-bond acceptors (Lipinski definition) is 5. The van der Waals surface area contributed by atoms with Crippen LogP contribution in [0.5, 0.6) is 0 Å². The summed E-state index contributed by atoms with van der Waals surface area (Å²) in [6.45, 7) is 2.25. The molecule has 3 N–H and O–H groups in total. The number of imidazole rings is 1. The van der Waals surface area contributed by atoms with Crippen molar-refractivity contribution < 1.29 is 25.9 Å². The lowest BCUT2D eigenvalue weighted by Crippen LogP contribution is -2.07. The van der Waals surface area contributed by atoms with Gasteiger partial charge in [-0.3, -0.25) is 9.11 Å². The minimum Gasteiger partial charge on any atom is -0.327 e. The SMILES string of the molecule is CCCCCCCCCCCCCCCCCc1c(Cc2cccc3[nH]c(S(=O)(=O)O)nc23)cccc1S(=O)(=O)O. The van der Waals surface area contributed by atoms with E-state index in [4.69, 9.17) is 0 Å². The number of H-pyrrole nitrogens is 1. The van der Waals surface area contributed by atoms with Gasteiger partial charge < -0.3 is 4.98 Å². The third kappa shape index (κ3) is 10.8. The second-order valence-electron chi connectivity index (χ2n) is 11.1. The number of para-hydroxylation sites is 1. The molecule has 0 radical (unpaired) electrons. The van der Waals surface area contributed by atoms with Gasteiger partial charge in [-0.15, -0.1) is 0 Å². The lowest BCUT2D eigenvalue weighted by molar-refractivity contribution is 0.475. The molecule has 0 aliphatic heterocycles. The quantitative estimate of drug-likeness (QED) is 0.0873. The Kier molecular flexibility index (Phi) is 13.3. The molecule has 228 valence electrons. The van der Waals surface area contributed by atoms with Crippen molar-refractivity contribution >= 4 is 31.3 Å². The maximum atomic E-state index is 12.2. The van der Waals surface area contributed by atoms with Crippen LogP contribution in [0.15, 0.2) is 46.5 Å². The van der Waals surface area contributed by atoms with E-state index in [1.807, 2.05) is 6.07 Å². The Bertz CT molecular complexity index is 1450. The smallest absolute Gasteiger partial charge is 0.327 e. The Labute approximate surface area is 245 Å². The molecule has 0 unspecified atom stereocenters. The topological polar surface area (TPSA) is 137 Å². The predicted molar refractivity (Wildman–Crippen MR) is 164 cm³/mol. The van der Waals surface area contributed by atoms with E-state index < -0.39 is 25.4 Å². The standard InChI is InChI=1S/C31H46N2O6S2/c1-2-3-4-5-6-7-8-9-10-11-12-13-14-15-16-21-27-25(19-18-23-29(27)40(34,35)36)24-26-20-17-22-28-30(26)33-31(32-28)41(37,38)39/h17-20,22-23H,2-16,21,24H2,1H3,(H,32,33)(H,34,35,36)(H,37,38,39). The van der Waals surface area contributed by atoms with Crippen molar-refractivity contribution in [3.63, 3.8) is 0 Å². The summed E-state index contributed by atoms with van der Waals surface area (Å²) in [5.41, 5.74) is 2.82. The van der Waals surface area contributed by atoms with Gasteiger partial charge >= 0.3 is 10.1 Å². The van der Waals surface area contributed by atoms with E-state index in [9.17, 15) is 25.9 Å². The van der Waals surface area contributed by atoms with Gasteiger partial charge in [-0.1, -0.05) is 121 Å². The summed E-state index contributed by atoms with van der Waals surface area (Å²) >= 11 is 0. The highest BCUT2D eigenvalue weighted by Crippen LogP contribution is 2.27. The van der Waals surface area contributed by atoms with Crippen LogP contribution < -0.4 is 0 Å². The van der Waals surface area contributed by atoms with Gasteiger partial charge in [0.2, 0.25) is 0 Å². The fourth-order valence-electron chi connectivity index (χ4n) is 5.51. The third-order valence-corrected chi connectivity index (χ3v) is 9.36. The number of benzene rings is 2. The molecule has 0 aliphatic rings. The van der Waals surface area contributed by atoms with Crippen LogP contribution in [0.4, 0.5) is 0 Å². The van der Waals surface area contributed by atoms with Gasteiger partial charge in [0.1, 0.15) is 0 Å². The van der Waals surface area contributed by atoms with Crippen LogP contribution in [0.1, 0.15) is 120 Å². The van der Waals surface area contributed by atoms with Crippen molar-refractivity contribution in [3.8, 4) is 0 Å². The minimum atomic E-state index is -4.50. The molecule has 0 bridgehead atoms. The van der Waals surface area contributed by atoms with Crippen LogP contribution in [-0.4, -0.2) is 35.9 Å². The van der Waals surface area contributed by atoms with E-state index in [2.05, 4.69) is 16.9 Å². The number of rotatable bonds is 20. The summed E-state index contributed by atoms with van der Waals surface area (Å²) in [7, 11) is -8.91. The summed E-state index contributed by atoms with van der Waals surface area (Å²) in [5, 5.41) is -0.537. The van der Waals surface area contributed by atoms with Crippen LogP contribution in [-0.2, 0) is 33.1 Å². The summed E-state index contributed by atoms with van der Waals surface area (Å²) in [5.74, 6) is 0. The molecule has 3 rings (SSSR count). The van der Waals surface area contributed by atoms with Gasteiger partial charge in [-0.05, 0) is 48.1 Å². The number of unbranched alkanes of at least 4 members (excludes halogenated alkanes) is 14. The molecule has 0 aliphatic carbocycles. The zero-order valence-electron chi connectivity index (χ0n) is 24.3. The molecular weight excluding hydrogens is 560 g/mol. The first-order valence-corrected chi connectivity index (χ1v) is 18.0. The second-order valence-corrected chi connectivity index (χ2v) is 13.8. The number of nitrogens with zero attached hydrogens (tertiary/aromatic N) is 1. The molecule has 41 heavy (non-hydrogen) atoms. The van der Waals surface area contributed by atoms with E-state index in [1.54, 1.807) is 24.3 Å². The highest BCUT2D eigenvalue weighted by molar-refractivity contribution is 7.86. The molecule has 10 heteroatoms. The molecular formula is C31H46N2O6S2. The molecule has 0 saturated carbocycles. The molecule has 0 saturated heterocycles. The van der Waals surface area contributed by atoms with Crippen molar-refractivity contribution in [2.45, 2.75) is 126 Å². The Balaban J connectivity index is 1.51. The van der Waals surface area contributed by atoms with Gasteiger partial charge in [-0.2, -0.15) is 16.8 Å². The first-order valence-electron chi connectivity index (χ1n) is 15.1. The van der Waals surface area contributed by atoms with Gasteiger partial charge in [-0.25, -0.2) is 4.98 Å². The van der Waals surface area contributed by atoms with Crippen LogP contribution in [0.25, 0.3) is 11.0 Å². The lowest BCUT2D eigenvalue weighted by atomic mass is 9.95. The monoisotopic (exact) mass is 606 g/mol. The molecule has 3 aromatic rings. The van der Waals surface area contributed by atoms with Gasteiger partial charge in [0.05, 0.1) is 15.9 Å². The fraction of sp³-hybridized carbons (Fsp3) is 0.581. The van der Waals surface area contributed by atoms with E-state index in [0.717, 1.165) is 24.8 Å². The Morgan fingerprint density at radius 1 is 0.659 bits per heavy atom. The lowest BCUT2D eigenvalue weighted by Gasteiger charge is -2.14. The maximum absolute atomic E-state index is 12.2. The van der Waals surface area contributed by atoms with Crippen LogP contribution in [0.3, 0.4) is 0 Å². The summed E-state index contributed by atoms with van der Waals surface area (Å²) in [4.78, 5) is 6.59. The zero-order chi connectivity index (χ0) is 29.7. The van der Waals surface area contributed by atoms with Crippen molar-refractivity contribution in [2.24, 2.45) is 0 Å². The third-order valence-electron chi connectivity index (χ3n) is 7.74. The second kappa shape index (κ2) is 16.4. The molecule has 0 atom stereocenters. The molecule has 1 aromatic heterocycles.